The Bertz CT molecular complexity index is 573. The van der Waals surface area contributed by atoms with Crippen LogP contribution in [0.2, 0.25) is 5.15 Å². The number of hydrogen-bond donors (Lipinski definition) is 0. The molecule has 17 heavy (non-hydrogen) atoms. The molecule has 0 radical (unpaired) electrons. The van der Waals surface area contributed by atoms with E-state index in [2.05, 4.69) is 4.98 Å². The van der Waals surface area contributed by atoms with Crippen molar-refractivity contribution in [2.24, 2.45) is 0 Å². The van der Waals surface area contributed by atoms with Gasteiger partial charge in [-0.25, -0.2) is 8.78 Å². The number of benzene rings is 1. The number of aromatic nitrogens is 1. The van der Waals surface area contributed by atoms with E-state index in [1.54, 1.807) is 0 Å². The number of thiazole rings is 1. The van der Waals surface area contributed by atoms with Crippen LogP contribution in [0.4, 0.5) is 8.78 Å². The van der Waals surface area contributed by atoms with Crippen molar-refractivity contribution >= 4 is 29.2 Å². The zero-order chi connectivity index (χ0) is 12.4. The molecule has 0 atom stereocenters. The van der Waals surface area contributed by atoms with E-state index < -0.39 is 11.6 Å². The van der Waals surface area contributed by atoms with Crippen molar-refractivity contribution in [1.82, 2.24) is 4.98 Å². The Balaban J connectivity index is 2.30. The van der Waals surface area contributed by atoms with E-state index in [1.165, 1.54) is 0 Å². The average Bonchev–Trinajstić information content (AvgIpc) is 2.64. The third-order valence-electron chi connectivity index (χ3n) is 1.79. The van der Waals surface area contributed by atoms with Gasteiger partial charge >= 0.3 is 0 Å². The molecule has 0 amide bonds. The van der Waals surface area contributed by atoms with Gasteiger partial charge in [0.25, 0.3) is 5.19 Å². The molecule has 88 valence electrons. The van der Waals surface area contributed by atoms with Gasteiger partial charge in [-0.3, -0.25) is 4.79 Å². The Labute approximate surface area is 104 Å². The molecule has 2 aromatic rings. The van der Waals surface area contributed by atoms with Gasteiger partial charge in [0, 0.05) is 6.07 Å². The quantitative estimate of drug-likeness (QED) is 0.802. The summed E-state index contributed by atoms with van der Waals surface area (Å²) in [5, 5.41) is -0.0570. The molecular weight excluding hydrogens is 272 g/mol. The van der Waals surface area contributed by atoms with Crippen LogP contribution in [0.25, 0.3) is 0 Å². The van der Waals surface area contributed by atoms with Crippen LogP contribution >= 0.6 is 22.9 Å². The Morgan fingerprint density at radius 3 is 2.82 bits per heavy atom. The number of halogens is 3. The second-order valence-electron chi connectivity index (χ2n) is 2.93. The highest BCUT2D eigenvalue weighted by Crippen LogP contribution is 2.32. The smallest absolute Gasteiger partial charge is 0.280 e. The van der Waals surface area contributed by atoms with E-state index in [-0.39, 0.29) is 21.0 Å². The molecule has 1 heterocycles. The molecule has 0 unspecified atom stereocenters. The first kappa shape index (κ1) is 11.9. The number of hydrogen-bond acceptors (Lipinski definition) is 4. The predicted molar refractivity (Wildman–Crippen MR) is 58.9 cm³/mol. The first-order valence-corrected chi connectivity index (χ1v) is 5.54. The van der Waals surface area contributed by atoms with Crippen molar-refractivity contribution in [2.45, 2.75) is 0 Å². The fraction of sp³-hybridized carbons (Fsp3) is 0. The van der Waals surface area contributed by atoms with Gasteiger partial charge in [0.15, 0.2) is 23.0 Å². The van der Waals surface area contributed by atoms with E-state index in [9.17, 15) is 13.6 Å². The number of aldehydes is 1. The number of nitrogens with zero attached hydrogens (tertiary/aromatic N) is 1. The number of ether oxygens (including phenoxy) is 1. The molecule has 1 aromatic carbocycles. The van der Waals surface area contributed by atoms with E-state index in [4.69, 9.17) is 16.3 Å². The molecule has 0 aliphatic heterocycles. The standard InChI is InChI=1S/C10H4ClF2NO2S/c11-9-8(4-15)17-10(14-9)16-7-3-5(12)1-2-6(7)13/h1-4H. The largest absolute Gasteiger partial charge is 0.428 e. The third-order valence-corrected chi connectivity index (χ3v) is 3.05. The number of carbonyl (C=O) groups excluding carboxylic acids is 1. The van der Waals surface area contributed by atoms with Crippen molar-refractivity contribution < 1.29 is 18.3 Å². The Morgan fingerprint density at radius 1 is 1.41 bits per heavy atom. The van der Waals surface area contributed by atoms with Crippen molar-refractivity contribution in [3.63, 3.8) is 0 Å². The first-order valence-electron chi connectivity index (χ1n) is 4.34. The van der Waals surface area contributed by atoms with E-state index in [1.807, 2.05) is 0 Å². The van der Waals surface area contributed by atoms with Crippen molar-refractivity contribution in [3.05, 3.63) is 39.9 Å². The fourth-order valence-electron chi connectivity index (χ4n) is 1.06. The summed E-state index contributed by atoms with van der Waals surface area (Å²) in [5.74, 6) is -1.68. The maximum Gasteiger partial charge on any atom is 0.280 e. The highest BCUT2D eigenvalue weighted by molar-refractivity contribution is 7.15. The summed E-state index contributed by atoms with van der Waals surface area (Å²) in [6, 6.07) is 2.78. The van der Waals surface area contributed by atoms with E-state index >= 15 is 0 Å². The summed E-state index contributed by atoms with van der Waals surface area (Å²) in [6.07, 6.45) is 0.509. The van der Waals surface area contributed by atoms with Crippen LogP contribution < -0.4 is 4.74 Å². The van der Waals surface area contributed by atoms with Crippen LogP contribution in [0.5, 0.6) is 10.9 Å². The minimum atomic E-state index is -0.731. The van der Waals surface area contributed by atoms with Gasteiger partial charge < -0.3 is 4.74 Å². The lowest BCUT2D eigenvalue weighted by molar-refractivity contribution is 0.112. The fourth-order valence-corrected chi connectivity index (χ4v) is 1.98. The maximum atomic E-state index is 13.2. The van der Waals surface area contributed by atoms with Gasteiger partial charge in [-0.1, -0.05) is 22.9 Å². The lowest BCUT2D eigenvalue weighted by atomic mass is 10.3. The van der Waals surface area contributed by atoms with Gasteiger partial charge in [0.1, 0.15) is 10.7 Å². The summed E-state index contributed by atoms with van der Waals surface area (Å²) in [6.45, 7) is 0. The summed E-state index contributed by atoms with van der Waals surface area (Å²) >= 11 is 6.45. The molecule has 0 fully saturated rings. The summed E-state index contributed by atoms with van der Waals surface area (Å²) in [4.78, 5) is 14.4. The molecule has 0 saturated heterocycles. The summed E-state index contributed by atoms with van der Waals surface area (Å²) in [7, 11) is 0. The van der Waals surface area contributed by atoms with Crippen LogP contribution in [0.1, 0.15) is 9.67 Å². The minimum absolute atomic E-state index is 0.0263. The lowest BCUT2D eigenvalue weighted by Crippen LogP contribution is -1.88. The molecule has 1 aromatic heterocycles. The number of carbonyl (C=O) groups is 1. The van der Waals surface area contributed by atoms with Crippen LogP contribution in [0.15, 0.2) is 18.2 Å². The molecule has 2 rings (SSSR count). The van der Waals surface area contributed by atoms with Crippen molar-refractivity contribution in [1.29, 1.82) is 0 Å². The molecule has 0 spiro atoms. The SMILES string of the molecule is O=Cc1sc(Oc2cc(F)ccc2F)nc1Cl. The zero-order valence-electron chi connectivity index (χ0n) is 8.12. The molecule has 0 aliphatic rings. The van der Waals surface area contributed by atoms with Crippen LogP contribution in [0, 0.1) is 11.6 Å². The van der Waals surface area contributed by atoms with Gasteiger partial charge in [0.05, 0.1) is 0 Å². The average molecular weight is 276 g/mol. The second kappa shape index (κ2) is 4.77. The van der Waals surface area contributed by atoms with Crippen molar-refractivity contribution in [2.75, 3.05) is 0 Å². The number of rotatable bonds is 3. The van der Waals surface area contributed by atoms with Gasteiger partial charge in [-0.2, -0.15) is 4.98 Å². The van der Waals surface area contributed by atoms with Gasteiger partial charge in [-0.15, -0.1) is 0 Å². The molecule has 3 nitrogen and oxygen atoms in total. The molecule has 0 N–H and O–H groups in total. The second-order valence-corrected chi connectivity index (χ2v) is 4.28. The maximum absolute atomic E-state index is 13.2. The lowest BCUT2D eigenvalue weighted by Gasteiger charge is -2.02. The summed E-state index contributed by atoms with van der Waals surface area (Å²) in [5.41, 5.74) is 0. The minimum Gasteiger partial charge on any atom is -0.428 e. The third kappa shape index (κ3) is 2.59. The molecule has 0 aliphatic carbocycles. The van der Waals surface area contributed by atoms with Crippen LogP contribution in [-0.4, -0.2) is 11.3 Å². The highest BCUT2D eigenvalue weighted by Gasteiger charge is 2.13. The highest BCUT2D eigenvalue weighted by atomic mass is 35.5. The molecule has 0 bridgehead atoms. The van der Waals surface area contributed by atoms with Gasteiger partial charge in [-0.05, 0) is 12.1 Å². The Kier molecular flexibility index (Phi) is 3.35. The zero-order valence-corrected chi connectivity index (χ0v) is 9.69. The van der Waals surface area contributed by atoms with Crippen LogP contribution in [-0.2, 0) is 0 Å². The monoisotopic (exact) mass is 275 g/mol. The summed E-state index contributed by atoms with van der Waals surface area (Å²) < 4.78 is 31.1. The molecular formula is C10H4ClF2NO2S. The normalized spacial score (nSPS) is 10.3. The van der Waals surface area contributed by atoms with Crippen LogP contribution in [0.3, 0.4) is 0 Å². The topological polar surface area (TPSA) is 39.2 Å². The van der Waals surface area contributed by atoms with Crippen molar-refractivity contribution in [3.8, 4) is 10.9 Å². The molecule has 7 heteroatoms. The Hall–Kier alpha value is -1.53. The Morgan fingerprint density at radius 2 is 2.18 bits per heavy atom. The predicted octanol–water partition coefficient (Wildman–Crippen LogP) is 3.68. The molecule has 0 saturated carbocycles. The van der Waals surface area contributed by atoms with E-state index in [0.717, 1.165) is 29.5 Å². The van der Waals surface area contributed by atoms with E-state index in [0.29, 0.717) is 6.29 Å². The first-order chi connectivity index (χ1) is 8.10. The van der Waals surface area contributed by atoms with Gasteiger partial charge in [0.2, 0.25) is 0 Å².